The Balaban J connectivity index is 2.85. The first-order valence-electron chi connectivity index (χ1n) is 4.39. The number of rotatable bonds is 4. The molecule has 3 nitrogen and oxygen atoms in total. The fourth-order valence-corrected chi connectivity index (χ4v) is 1.16. The van der Waals surface area contributed by atoms with Gasteiger partial charge in [0.05, 0.1) is 5.02 Å². The van der Waals surface area contributed by atoms with Gasteiger partial charge in [0.2, 0.25) is 0 Å². The maximum atomic E-state index is 10.7. The van der Waals surface area contributed by atoms with Gasteiger partial charge in [0, 0.05) is 20.3 Å². The van der Waals surface area contributed by atoms with Gasteiger partial charge in [-0.15, -0.1) is 0 Å². The zero-order valence-electron chi connectivity index (χ0n) is 8.61. The number of hydrogen-bond donors (Lipinski definition) is 0. The molecule has 0 aliphatic carbocycles. The fraction of sp³-hybridized carbons (Fsp3) is 0.182. The second-order valence-corrected chi connectivity index (χ2v) is 3.55. The number of para-hydroxylation sites is 1. The Morgan fingerprint density at radius 2 is 2.07 bits per heavy atom. The van der Waals surface area contributed by atoms with Crippen molar-refractivity contribution in [2.24, 2.45) is 0 Å². The molecule has 0 saturated carbocycles. The van der Waals surface area contributed by atoms with Crippen molar-refractivity contribution in [1.29, 1.82) is 0 Å². The summed E-state index contributed by atoms with van der Waals surface area (Å²) in [6.07, 6.45) is 2.22. The SMILES string of the molecule is CN(C)/C=C(\C=O)Oc1ccccc1Cl. The van der Waals surface area contributed by atoms with Crippen molar-refractivity contribution in [1.82, 2.24) is 4.90 Å². The molecule has 0 amide bonds. The van der Waals surface area contributed by atoms with Crippen LogP contribution in [0.2, 0.25) is 5.02 Å². The van der Waals surface area contributed by atoms with E-state index in [0.717, 1.165) is 0 Å². The Bertz CT molecular complexity index is 375. The second-order valence-electron chi connectivity index (χ2n) is 3.15. The predicted molar refractivity (Wildman–Crippen MR) is 59.9 cm³/mol. The van der Waals surface area contributed by atoms with Crippen LogP contribution in [0.4, 0.5) is 0 Å². The number of benzene rings is 1. The first-order chi connectivity index (χ1) is 7.13. The molecule has 4 heteroatoms. The Labute approximate surface area is 93.9 Å². The molecule has 1 aromatic carbocycles. The first kappa shape index (κ1) is 11.6. The average Bonchev–Trinajstić information content (AvgIpc) is 2.19. The van der Waals surface area contributed by atoms with Crippen LogP contribution in [0.15, 0.2) is 36.2 Å². The molecule has 80 valence electrons. The van der Waals surface area contributed by atoms with Crippen LogP contribution in [0.1, 0.15) is 0 Å². The number of aldehydes is 1. The highest BCUT2D eigenvalue weighted by atomic mass is 35.5. The predicted octanol–water partition coefficient (Wildman–Crippen LogP) is 2.32. The molecular formula is C11H12ClNO2. The van der Waals surface area contributed by atoms with E-state index < -0.39 is 0 Å². The highest BCUT2D eigenvalue weighted by Crippen LogP contribution is 2.24. The molecule has 0 N–H and O–H groups in total. The minimum Gasteiger partial charge on any atom is -0.451 e. The van der Waals surface area contributed by atoms with E-state index in [9.17, 15) is 4.79 Å². The van der Waals surface area contributed by atoms with Gasteiger partial charge in [-0.2, -0.15) is 0 Å². The van der Waals surface area contributed by atoms with Gasteiger partial charge in [-0.05, 0) is 12.1 Å². The molecule has 0 radical (unpaired) electrons. The lowest BCUT2D eigenvalue weighted by Gasteiger charge is -2.09. The van der Waals surface area contributed by atoms with E-state index in [0.29, 0.717) is 17.1 Å². The summed E-state index contributed by atoms with van der Waals surface area (Å²) in [5.74, 6) is 0.687. The van der Waals surface area contributed by atoms with E-state index in [4.69, 9.17) is 16.3 Å². The van der Waals surface area contributed by atoms with Crippen LogP contribution in [0.3, 0.4) is 0 Å². The van der Waals surface area contributed by atoms with Crippen molar-refractivity contribution in [2.75, 3.05) is 14.1 Å². The van der Waals surface area contributed by atoms with E-state index in [1.165, 1.54) is 0 Å². The Morgan fingerprint density at radius 3 is 2.60 bits per heavy atom. The molecular weight excluding hydrogens is 214 g/mol. The van der Waals surface area contributed by atoms with Gasteiger partial charge in [0.25, 0.3) is 0 Å². The molecule has 1 rings (SSSR count). The minimum atomic E-state index is 0.216. The van der Waals surface area contributed by atoms with Crippen molar-refractivity contribution >= 4 is 17.9 Å². The van der Waals surface area contributed by atoms with Crippen LogP contribution < -0.4 is 4.74 Å². The zero-order valence-corrected chi connectivity index (χ0v) is 9.36. The van der Waals surface area contributed by atoms with Crippen LogP contribution in [-0.4, -0.2) is 25.3 Å². The second kappa shape index (κ2) is 5.41. The molecule has 0 aliphatic heterocycles. The Hall–Kier alpha value is -1.48. The van der Waals surface area contributed by atoms with Gasteiger partial charge in [-0.3, -0.25) is 4.79 Å². The van der Waals surface area contributed by atoms with Crippen molar-refractivity contribution in [2.45, 2.75) is 0 Å². The van der Waals surface area contributed by atoms with Crippen LogP contribution in [0.5, 0.6) is 5.75 Å². The molecule has 1 aromatic rings. The fourth-order valence-electron chi connectivity index (χ4n) is 0.990. The van der Waals surface area contributed by atoms with Gasteiger partial charge >= 0.3 is 0 Å². The van der Waals surface area contributed by atoms with E-state index in [-0.39, 0.29) is 5.76 Å². The summed E-state index contributed by atoms with van der Waals surface area (Å²) in [4.78, 5) is 12.4. The third kappa shape index (κ3) is 3.64. The van der Waals surface area contributed by atoms with E-state index in [1.807, 2.05) is 0 Å². The van der Waals surface area contributed by atoms with Crippen LogP contribution in [0.25, 0.3) is 0 Å². The monoisotopic (exact) mass is 225 g/mol. The molecule has 0 spiro atoms. The van der Waals surface area contributed by atoms with Crippen LogP contribution in [-0.2, 0) is 4.79 Å². The average molecular weight is 226 g/mol. The van der Waals surface area contributed by atoms with Gasteiger partial charge in [-0.25, -0.2) is 0 Å². The lowest BCUT2D eigenvalue weighted by atomic mass is 10.3. The van der Waals surface area contributed by atoms with Crippen molar-refractivity contribution in [3.63, 3.8) is 0 Å². The lowest BCUT2D eigenvalue weighted by molar-refractivity contribution is -0.106. The summed E-state index contributed by atoms with van der Waals surface area (Å²) in [5.41, 5.74) is 0. The lowest BCUT2D eigenvalue weighted by Crippen LogP contribution is -2.07. The third-order valence-corrected chi connectivity index (χ3v) is 1.88. The number of nitrogens with zero attached hydrogens (tertiary/aromatic N) is 1. The maximum Gasteiger partial charge on any atom is 0.186 e. The third-order valence-electron chi connectivity index (χ3n) is 1.57. The van der Waals surface area contributed by atoms with Gasteiger partial charge in [0.1, 0.15) is 5.75 Å². The summed E-state index contributed by atoms with van der Waals surface area (Å²) in [6, 6.07) is 7.00. The smallest absolute Gasteiger partial charge is 0.186 e. The van der Waals surface area contributed by atoms with E-state index in [2.05, 4.69) is 0 Å². The number of hydrogen-bond acceptors (Lipinski definition) is 3. The summed E-state index contributed by atoms with van der Waals surface area (Å²) in [5, 5.41) is 0.476. The zero-order chi connectivity index (χ0) is 11.3. The topological polar surface area (TPSA) is 29.5 Å². The molecule has 0 unspecified atom stereocenters. The quantitative estimate of drug-likeness (QED) is 0.448. The highest BCUT2D eigenvalue weighted by Gasteiger charge is 2.03. The van der Waals surface area contributed by atoms with Crippen LogP contribution >= 0.6 is 11.6 Å². The normalized spacial score (nSPS) is 11.0. The first-order valence-corrected chi connectivity index (χ1v) is 4.77. The molecule has 0 heterocycles. The molecule has 0 atom stereocenters. The Kier molecular flexibility index (Phi) is 4.18. The number of carbonyl (C=O) groups excluding carboxylic acids is 1. The summed E-state index contributed by atoms with van der Waals surface area (Å²) >= 11 is 5.88. The van der Waals surface area contributed by atoms with Gasteiger partial charge < -0.3 is 9.64 Å². The molecule has 0 fully saturated rings. The highest BCUT2D eigenvalue weighted by molar-refractivity contribution is 6.32. The molecule has 0 aromatic heterocycles. The van der Waals surface area contributed by atoms with Crippen molar-refractivity contribution < 1.29 is 9.53 Å². The molecule has 0 saturated heterocycles. The van der Waals surface area contributed by atoms with Gasteiger partial charge in [0.15, 0.2) is 12.0 Å². The van der Waals surface area contributed by atoms with E-state index >= 15 is 0 Å². The standard InChI is InChI=1S/C11H12ClNO2/c1-13(2)7-9(8-14)15-11-6-4-3-5-10(11)12/h3-8H,1-2H3/b9-7+. The van der Waals surface area contributed by atoms with Crippen molar-refractivity contribution in [3.05, 3.63) is 41.2 Å². The molecule has 15 heavy (non-hydrogen) atoms. The largest absolute Gasteiger partial charge is 0.451 e. The summed E-state index contributed by atoms with van der Waals surface area (Å²) in [6.45, 7) is 0. The summed E-state index contributed by atoms with van der Waals surface area (Å²) < 4.78 is 5.32. The number of halogens is 1. The van der Waals surface area contributed by atoms with Gasteiger partial charge in [-0.1, -0.05) is 23.7 Å². The van der Waals surface area contributed by atoms with Crippen LogP contribution in [0, 0.1) is 0 Å². The number of carbonyl (C=O) groups is 1. The minimum absolute atomic E-state index is 0.216. The van der Waals surface area contributed by atoms with E-state index in [1.54, 1.807) is 49.5 Å². The molecule has 0 bridgehead atoms. The summed E-state index contributed by atoms with van der Waals surface area (Å²) in [7, 11) is 3.61. The Morgan fingerprint density at radius 1 is 1.40 bits per heavy atom. The molecule has 0 aliphatic rings. The number of ether oxygens (including phenoxy) is 1. The maximum absolute atomic E-state index is 10.7. The van der Waals surface area contributed by atoms with Crippen molar-refractivity contribution in [3.8, 4) is 5.75 Å². The number of allylic oxidation sites excluding steroid dienone is 1.